The molecule has 1 fully saturated rings. The number of guanidine groups is 1. The number of aliphatic imine (C=N–C) groups is 1. The highest BCUT2D eigenvalue weighted by Crippen LogP contribution is 2.09. The molecule has 0 saturated carbocycles. The maximum atomic E-state index is 12.5. The van der Waals surface area contributed by atoms with Crippen LogP contribution >= 0.6 is 24.0 Å². The molecule has 0 aromatic carbocycles. The molecule has 0 amide bonds. The Bertz CT molecular complexity index is 730. The Morgan fingerprint density at radius 2 is 2.00 bits per heavy atom. The van der Waals surface area contributed by atoms with Gasteiger partial charge in [0.1, 0.15) is 0 Å². The van der Waals surface area contributed by atoms with Crippen LogP contribution in [-0.2, 0) is 21.3 Å². The third-order valence-electron chi connectivity index (χ3n) is 4.41. The van der Waals surface area contributed by atoms with E-state index in [9.17, 15) is 8.42 Å². The largest absolute Gasteiger partial charge is 0.378 e. The number of ether oxygens (including phenoxy) is 1. The number of hydrogen-bond donors (Lipinski definition) is 1. The Labute approximate surface area is 191 Å². The highest BCUT2D eigenvalue weighted by Gasteiger charge is 2.27. The molecule has 2 rings (SSSR count). The van der Waals surface area contributed by atoms with Crippen molar-refractivity contribution < 1.29 is 13.2 Å². The lowest BCUT2D eigenvalue weighted by molar-refractivity contribution is 0.0904. The summed E-state index contributed by atoms with van der Waals surface area (Å²) < 4.78 is 33.8. The summed E-state index contributed by atoms with van der Waals surface area (Å²) in [4.78, 5) is 6.80. The van der Waals surface area contributed by atoms with Crippen molar-refractivity contribution in [3.63, 3.8) is 0 Å². The van der Waals surface area contributed by atoms with Gasteiger partial charge >= 0.3 is 0 Å². The van der Waals surface area contributed by atoms with E-state index in [2.05, 4.69) is 20.3 Å². The SMILES string of the molecule is CCNC(=NCCn1cc(C)cn1)N1CCN(S(=O)(=O)CCOC(C)C)CC1.I. The summed E-state index contributed by atoms with van der Waals surface area (Å²) in [6.45, 7) is 12.4. The molecular weight excluding hydrogens is 507 g/mol. The quantitative estimate of drug-likeness (QED) is 0.286. The van der Waals surface area contributed by atoms with Gasteiger partial charge in [0.15, 0.2) is 5.96 Å². The number of halogens is 1. The lowest BCUT2D eigenvalue weighted by Gasteiger charge is -2.35. The first-order valence-corrected chi connectivity index (χ1v) is 11.5. The normalized spacial score (nSPS) is 16.2. The summed E-state index contributed by atoms with van der Waals surface area (Å²) in [7, 11) is -3.28. The Balaban J connectivity index is 0.00000420. The molecule has 0 aliphatic carbocycles. The highest BCUT2D eigenvalue weighted by atomic mass is 127. The Kier molecular flexibility index (Phi) is 11.4. The molecule has 1 aromatic rings. The Morgan fingerprint density at radius 1 is 1.31 bits per heavy atom. The zero-order valence-corrected chi connectivity index (χ0v) is 21.0. The summed E-state index contributed by atoms with van der Waals surface area (Å²) in [6, 6.07) is 0. The topological polar surface area (TPSA) is 92.1 Å². The van der Waals surface area contributed by atoms with Crippen LogP contribution in [0.3, 0.4) is 0 Å². The molecule has 1 aromatic heterocycles. The first-order valence-electron chi connectivity index (χ1n) is 9.93. The van der Waals surface area contributed by atoms with Crippen LogP contribution in [0.15, 0.2) is 17.4 Å². The maximum absolute atomic E-state index is 12.5. The number of aryl methyl sites for hydroxylation is 1. The summed E-state index contributed by atoms with van der Waals surface area (Å²) in [6.07, 6.45) is 3.87. The number of nitrogens with zero attached hydrogens (tertiary/aromatic N) is 5. The number of aromatic nitrogens is 2. The van der Waals surface area contributed by atoms with E-state index in [-0.39, 0.29) is 42.4 Å². The van der Waals surface area contributed by atoms with Gasteiger partial charge in [0.25, 0.3) is 0 Å². The third kappa shape index (κ3) is 8.77. The minimum Gasteiger partial charge on any atom is -0.378 e. The van der Waals surface area contributed by atoms with E-state index in [1.165, 1.54) is 0 Å². The lowest BCUT2D eigenvalue weighted by Crippen LogP contribution is -2.54. The zero-order chi connectivity index (χ0) is 20.6. The van der Waals surface area contributed by atoms with Crippen molar-refractivity contribution in [1.82, 2.24) is 24.3 Å². The third-order valence-corrected chi connectivity index (χ3v) is 6.25. The van der Waals surface area contributed by atoms with Crippen LogP contribution in [0.25, 0.3) is 0 Å². The summed E-state index contributed by atoms with van der Waals surface area (Å²) in [5.74, 6) is 0.856. The molecule has 1 aliphatic rings. The van der Waals surface area contributed by atoms with Gasteiger partial charge in [-0.1, -0.05) is 0 Å². The highest BCUT2D eigenvalue weighted by molar-refractivity contribution is 14.0. The van der Waals surface area contributed by atoms with E-state index in [0.717, 1.165) is 18.1 Å². The van der Waals surface area contributed by atoms with E-state index in [1.807, 2.05) is 44.8 Å². The molecule has 2 heterocycles. The smallest absolute Gasteiger partial charge is 0.216 e. The van der Waals surface area contributed by atoms with Gasteiger partial charge in [-0.05, 0) is 33.3 Å². The Hall–Kier alpha value is -0.920. The van der Waals surface area contributed by atoms with Gasteiger partial charge in [0.05, 0.1) is 37.8 Å². The van der Waals surface area contributed by atoms with E-state index < -0.39 is 10.0 Å². The predicted molar refractivity (Wildman–Crippen MR) is 126 cm³/mol. The molecule has 0 unspecified atom stereocenters. The van der Waals surface area contributed by atoms with Crippen LogP contribution in [-0.4, -0.2) is 91.1 Å². The first-order chi connectivity index (χ1) is 13.3. The fraction of sp³-hybridized carbons (Fsp3) is 0.778. The summed E-state index contributed by atoms with van der Waals surface area (Å²) >= 11 is 0. The fourth-order valence-corrected chi connectivity index (χ4v) is 4.25. The second-order valence-electron chi connectivity index (χ2n) is 7.14. The second kappa shape index (κ2) is 12.7. The summed E-state index contributed by atoms with van der Waals surface area (Å²) in [5.41, 5.74) is 1.13. The van der Waals surface area contributed by atoms with Crippen molar-refractivity contribution in [3.05, 3.63) is 18.0 Å². The molecule has 1 aliphatic heterocycles. The number of piperazine rings is 1. The molecule has 0 bridgehead atoms. The molecule has 11 heteroatoms. The van der Waals surface area contributed by atoms with Crippen LogP contribution in [0.1, 0.15) is 26.3 Å². The molecule has 29 heavy (non-hydrogen) atoms. The van der Waals surface area contributed by atoms with Crippen molar-refractivity contribution in [2.24, 2.45) is 4.99 Å². The molecule has 1 saturated heterocycles. The van der Waals surface area contributed by atoms with Gasteiger partial charge in [0.2, 0.25) is 10.0 Å². The Morgan fingerprint density at radius 3 is 2.55 bits per heavy atom. The lowest BCUT2D eigenvalue weighted by atomic mass is 10.4. The molecule has 0 atom stereocenters. The number of rotatable bonds is 9. The van der Waals surface area contributed by atoms with Crippen LogP contribution in [0, 0.1) is 6.92 Å². The average Bonchev–Trinajstić information content (AvgIpc) is 3.06. The molecule has 0 radical (unpaired) electrons. The van der Waals surface area contributed by atoms with E-state index >= 15 is 0 Å². The number of nitrogens with one attached hydrogen (secondary N) is 1. The number of hydrogen-bond acceptors (Lipinski definition) is 5. The standard InChI is InChI=1S/C18H34N6O3S.HI/c1-5-19-18(20-6-7-23-15-17(4)14-21-23)22-8-10-24(11-9-22)28(25,26)13-12-27-16(2)3;/h14-16H,5-13H2,1-4H3,(H,19,20);1H. The van der Waals surface area contributed by atoms with Gasteiger partial charge < -0.3 is 15.0 Å². The molecular formula is C18H35IN6O3S. The van der Waals surface area contributed by atoms with E-state index in [4.69, 9.17) is 4.74 Å². The van der Waals surface area contributed by atoms with Crippen molar-refractivity contribution >= 4 is 40.0 Å². The first kappa shape index (κ1) is 26.1. The van der Waals surface area contributed by atoms with Gasteiger partial charge in [-0.2, -0.15) is 9.40 Å². The minimum atomic E-state index is -3.28. The molecule has 1 N–H and O–H groups in total. The van der Waals surface area contributed by atoms with Gasteiger partial charge in [-0.15, -0.1) is 24.0 Å². The van der Waals surface area contributed by atoms with Crippen LogP contribution < -0.4 is 5.32 Å². The van der Waals surface area contributed by atoms with Crippen molar-refractivity contribution in [3.8, 4) is 0 Å². The minimum absolute atomic E-state index is 0. The zero-order valence-electron chi connectivity index (χ0n) is 17.9. The second-order valence-corrected chi connectivity index (χ2v) is 9.23. The van der Waals surface area contributed by atoms with E-state index in [0.29, 0.717) is 39.3 Å². The fourth-order valence-electron chi connectivity index (χ4n) is 2.97. The van der Waals surface area contributed by atoms with Crippen LogP contribution in [0.4, 0.5) is 0 Å². The van der Waals surface area contributed by atoms with Crippen molar-refractivity contribution in [2.75, 3.05) is 51.6 Å². The van der Waals surface area contributed by atoms with Crippen LogP contribution in [0.5, 0.6) is 0 Å². The molecule has 9 nitrogen and oxygen atoms in total. The average molecular weight is 542 g/mol. The van der Waals surface area contributed by atoms with Crippen molar-refractivity contribution in [2.45, 2.75) is 40.3 Å². The van der Waals surface area contributed by atoms with Crippen molar-refractivity contribution in [1.29, 1.82) is 0 Å². The monoisotopic (exact) mass is 542 g/mol. The van der Waals surface area contributed by atoms with Gasteiger partial charge in [-0.25, -0.2) is 8.42 Å². The molecule has 0 spiro atoms. The van der Waals surface area contributed by atoms with E-state index in [1.54, 1.807) is 4.31 Å². The van der Waals surface area contributed by atoms with Gasteiger partial charge in [0, 0.05) is 38.9 Å². The maximum Gasteiger partial charge on any atom is 0.216 e. The van der Waals surface area contributed by atoms with Gasteiger partial charge in [-0.3, -0.25) is 9.67 Å². The number of sulfonamides is 1. The predicted octanol–water partition coefficient (Wildman–Crippen LogP) is 1.15. The van der Waals surface area contributed by atoms with Crippen LogP contribution in [0.2, 0.25) is 0 Å². The molecule has 168 valence electrons. The summed E-state index contributed by atoms with van der Waals surface area (Å²) in [5, 5.41) is 7.58.